The monoisotopic (exact) mass is 251 g/mol. The zero-order valence-electron chi connectivity index (χ0n) is 10.3. The highest BCUT2D eigenvalue weighted by Gasteiger charge is 2.40. The van der Waals surface area contributed by atoms with E-state index in [-0.39, 0.29) is 6.04 Å². The number of alkyl halides is 1. The van der Waals surface area contributed by atoms with Crippen LogP contribution < -0.4 is 15.2 Å². The molecule has 3 rings (SSSR count). The lowest BCUT2D eigenvalue weighted by Crippen LogP contribution is -2.21. The fourth-order valence-corrected chi connectivity index (χ4v) is 2.74. The van der Waals surface area contributed by atoms with E-state index in [4.69, 9.17) is 15.2 Å². The minimum absolute atomic E-state index is 0.0361. The lowest BCUT2D eigenvalue weighted by molar-refractivity contribution is 0.171. The van der Waals surface area contributed by atoms with Crippen LogP contribution in [0.4, 0.5) is 4.39 Å². The summed E-state index contributed by atoms with van der Waals surface area (Å²) < 4.78 is 25.9. The molecule has 2 atom stereocenters. The highest BCUT2D eigenvalue weighted by atomic mass is 19.1. The molecular formula is C14H18FNO2. The first-order chi connectivity index (χ1) is 8.67. The SMILES string of the molecule is NC1CCC(F)(c2ccc3c(c2)OCCCO3)C1. The fraction of sp³-hybridized carbons (Fsp3) is 0.571. The Morgan fingerprint density at radius 3 is 2.72 bits per heavy atom. The summed E-state index contributed by atoms with van der Waals surface area (Å²) in [5, 5.41) is 0. The van der Waals surface area contributed by atoms with Crippen molar-refractivity contribution in [1.29, 1.82) is 0 Å². The standard InChI is InChI=1S/C14H18FNO2/c15-14(5-4-11(16)9-14)10-2-3-12-13(8-10)18-7-1-6-17-12/h2-3,8,11H,1,4-7,9,16H2. The summed E-state index contributed by atoms with van der Waals surface area (Å²) in [4.78, 5) is 0. The van der Waals surface area contributed by atoms with E-state index in [2.05, 4.69) is 0 Å². The van der Waals surface area contributed by atoms with Gasteiger partial charge in [0, 0.05) is 18.9 Å². The van der Waals surface area contributed by atoms with Crippen molar-refractivity contribution in [3.63, 3.8) is 0 Å². The minimum Gasteiger partial charge on any atom is -0.490 e. The van der Waals surface area contributed by atoms with Gasteiger partial charge in [-0.1, -0.05) is 6.07 Å². The minimum atomic E-state index is -1.30. The molecule has 3 nitrogen and oxygen atoms in total. The zero-order valence-corrected chi connectivity index (χ0v) is 10.3. The van der Waals surface area contributed by atoms with Crippen LogP contribution in [-0.4, -0.2) is 19.3 Å². The Hall–Kier alpha value is -1.29. The molecule has 0 bridgehead atoms. The van der Waals surface area contributed by atoms with Crippen LogP contribution >= 0.6 is 0 Å². The Morgan fingerprint density at radius 2 is 2.00 bits per heavy atom. The van der Waals surface area contributed by atoms with Crippen molar-refractivity contribution in [3.8, 4) is 11.5 Å². The third kappa shape index (κ3) is 2.05. The van der Waals surface area contributed by atoms with Crippen LogP contribution in [0.15, 0.2) is 18.2 Å². The molecule has 0 aromatic heterocycles. The second-order valence-electron chi connectivity index (χ2n) is 5.18. The molecule has 98 valence electrons. The molecule has 2 N–H and O–H groups in total. The number of benzene rings is 1. The van der Waals surface area contributed by atoms with Gasteiger partial charge < -0.3 is 15.2 Å². The van der Waals surface area contributed by atoms with E-state index in [1.165, 1.54) is 0 Å². The van der Waals surface area contributed by atoms with Gasteiger partial charge >= 0.3 is 0 Å². The van der Waals surface area contributed by atoms with Gasteiger partial charge in [-0.3, -0.25) is 0 Å². The van der Waals surface area contributed by atoms with Crippen LogP contribution in [-0.2, 0) is 5.67 Å². The summed E-state index contributed by atoms with van der Waals surface area (Å²) in [6, 6.07) is 5.34. The molecule has 2 aliphatic rings. The molecule has 0 amide bonds. The van der Waals surface area contributed by atoms with E-state index < -0.39 is 5.67 Å². The third-order valence-electron chi connectivity index (χ3n) is 3.76. The average Bonchev–Trinajstić information content (AvgIpc) is 2.60. The lowest BCUT2D eigenvalue weighted by Gasteiger charge is -2.21. The maximum absolute atomic E-state index is 14.8. The summed E-state index contributed by atoms with van der Waals surface area (Å²) in [5.74, 6) is 1.37. The molecule has 1 saturated carbocycles. The van der Waals surface area contributed by atoms with E-state index in [1.54, 1.807) is 18.2 Å². The molecule has 1 heterocycles. The van der Waals surface area contributed by atoms with Crippen LogP contribution in [0.5, 0.6) is 11.5 Å². The maximum atomic E-state index is 14.8. The first-order valence-electron chi connectivity index (χ1n) is 6.52. The second kappa shape index (κ2) is 4.43. The van der Waals surface area contributed by atoms with Gasteiger partial charge in [0.25, 0.3) is 0 Å². The van der Waals surface area contributed by atoms with Crippen molar-refractivity contribution >= 4 is 0 Å². The molecule has 1 aliphatic carbocycles. The second-order valence-corrected chi connectivity index (χ2v) is 5.18. The molecule has 4 heteroatoms. The van der Waals surface area contributed by atoms with Crippen molar-refractivity contribution in [2.75, 3.05) is 13.2 Å². The van der Waals surface area contributed by atoms with Crippen LogP contribution in [0.3, 0.4) is 0 Å². The predicted molar refractivity (Wildman–Crippen MR) is 66.7 cm³/mol. The summed E-state index contributed by atoms with van der Waals surface area (Å²) in [5.41, 5.74) is 5.18. The van der Waals surface area contributed by atoms with Crippen molar-refractivity contribution < 1.29 is 13.9 Å². The molecule has 1 aliphatic heterocycles. The summed E-state index contributed by atoms with van der Waals surface area (Å²) in [6.45, 7) is 1.27. The number of rotatable bonds is 1. The van der Waals surface area contributed by atoms with E-state index in [0.717, 1.165) is 12.8 Å². The third-order valence-corrected chi connectivity index (χ3v) is 3.76. The molecule has 2 unspecified atom stereocenters. The highest BCUT2D eigenvalue weighted by molar-refractivity contribution is 5.45. The fourth-order valence-electron chi connectivity index (χ4n) is 2.74. The number of ether oxygens (including phenoxy) is 2. The van der Waals surface area contributed by atoms with Crippen molar-refractivity contribution in [2.45, 2.75) is 37.4 Å². The molecule has 0 spiro atoms. The normalized spacial score (nSPS) is 31.1. The molecular weight excluding hydrogens is 233 g/mol. The Bertz CT molecular complexity index is 451. The number of halogens is 1. The van der Waals surface area contributed by atoms with Gasteiger partial charge in [-0.25, -0.2) is 4.39 Å². The van der Waals surface area contributed by atoms with Crippen LogP contribution in [0.2, 0.25) is 0 Å². The van der Waals surface area contributed by atoms with Crippen LogP contribution in [0.25, 0.3) is 0 Å². The molecule has 1 fully saturated rings. The quantitative estimate of drug-likeness (QED) is 0.834. The van der Waals surface area contributed by atoms with Crippen molar-refractivity contribution in [2.24, 2.45) is 5.73 Å². The first-order valence-corrected chi connectivity index (χ1v) is 6.52. The zero-order chi connectivity index (χ0) is 12.6. The van der Waals surface area contributed by atoms with Gasteiger partial charge in [-0.2, -0.15) is 0 Å². The Morgan fingerprint density at radius 1 is 1.22 bits per heavy atom. The van der Waals surface area contributed by atoms with E-state index in [9.17, 15) is 4.39 Å². The van der Waals surface area contributed by atoms with Crippen molar-refractivity contribution in [1.82, 2.24) is 0 Å². The Balaban J connectivity index is 1.92. The molecule has 0 saturated heterocycles. The van der Waals surface area contributed by atoms with E-state index in [1.807, 2.05) is 0 Å². The van der Waals surface area contributed by atoms with E-state index >= 15 is 0 Å². The van der Waals surface area contributed by atoms with Gasteiger partial charge in [-0.15, -0.1) is 0 Å². The van der Waals surface area contributed by atoms with Gasteiger partial charge in [0.1, 0.15) is 5.67 Å². The number of fused-ring (bicyclic) bond motifs is 1. The smallest absolute Gasteiger partial charge is 0.161 e. The van der Waals surface area contributed by atoms with Gasteiger partial charge in [0.2, 0.25) is 0 Å². The van der Waals surface area contributed by atoms with Crippen LogP contribution in [0.1, 0.15) is 31.2 Å². The molecule has 1 aromatic rings. The number of nitrogens with two attached hydrogens (primary N) is 1. The maximum Gasteiger partial charge on any atom is 0.161 e. The number of hydrogen-bond donors (Lipinski definition) is 1. The Kier molecular flexibility index (Phi) is 2.90. The average molecular weight is 251 g/mol. The largest absolute Gasteiger partial charge is 0.490 e. The lowest BCUT2D eigenvalue weighted by atomic mass is 9.93. The topological polar surface area (TPSA) is 44.5 Å². The highest BCUT2D eigenvalue weighted by Crippen LogP contribution is 2.44. The summed E-state index contributed by atoms with van der Waals surface area (Å²) in [7, 11) is 0. The molecule has 0 radical (unpaired) electrons. The van der Waals surface area contributed by atoms with Crippen molar-refractivity contribution in [3.05, 3.63) is 23.8 Å². The number of hydrogen-bond acceptors (Lipinski definition) is 3. The summed E-state index contributed by atoms with van der Waals surface area (Å²) in [6.07, 6.45) is 2.49. The molecule has 18 heavy (non-hydrogen) atoms. The van der Waals surface area contributed by atoms with Gasteiger partial charge in [-0.05, 0) is 30.5 Å². The van der Waals surface area contributed by atoms with E-state index in [0.29, 0.717) is 43.1 Å². The molecule has 1 aromatic carbocycles. The Labute approximate surface area is 106 Å². The van der Waals surface area contributed by atoms with Gasteiger partial charge in [0.15, 0.2) is 11.5 Å². The predicted octanol–water partition coefficient (Wildman–Crippen LogP) is 2.52. The van der Waals surface area contributed by atoms with Crippen LogP contribution in [0, 0.1) is 0 Å². The summed E-state index contributed by atoms with van der Waals surface area (Å²) >= 11 is 0. The first kappa shape index (κ1) is 11.8. The van der Waals surface area contributed by atoms with Gasteiger partial charge in [0.05, 0.1) is 13.2 Å².